The van der Waals surface area contributed by atoms with E-state index in [2.05, 4.69) is 15.6 Å². The lowest BCUT2D eigenvalue weighted by molar-refractivity contribution is -0.304. The van der Waals surface area contributed by atoms with E-state index in [1.165, 1.54) is 6.92 Å². The van der Waals surface area contributed by atoms with Crippen LogP contribution in [0.2, 0.25) is 0 Å². The smallest absolute Gasteiger partial charge is 0.303 e. The normalized spacial score (nSPS) is 23.1. The molecular weight excluding hydrogens is 492 g/mol. The fourth-order valence-electron chi connectivity index (χ4n) is 3.51. The Hall–Kier alpha value is -3.88. The fourth-order valence-corrected chi connectivity index (χ4v) is 3.51. The van der Waals surface area contributed by atoms with Gasteiger partial charge in [0.05, 0.1) is 18.4 Å². The lowest BCUT2D eigenvalue weighted by Crippen LogP contribution is -2.62. The molecule has 14 heteroatoms. The Balaban J connectivity index is 1.60. The Morgan fingerprint density at radius 3 is 2.35 bits per heavy atom. The van der Waals surface area contributed by atoms with Crippen molar-refractivity contribution in [3.63, 3.8) is 0 Å². The van der Waals surface area contributed by atoms with Gasteiger partial charge in [0.25, 0.3) is 0 Å². The molecule has 1 amide bonds. The first kappa shape index (κ1) is 27.7. The van der Waals surface area contributed by atoms with Gasteiger partial charge in [0.2, 0.25) is 5.91 Å². The first-order chi connectivity index (χ1) is 17.6. The van der Waals surface area contributed by atoms with Gasteiger partial charge in [-0.3, -0.25) is 19.2 Å². The van der Waals surface area contributed by atoms with Crippen LogP contribution in [0.3, 0.4) is 0 Å². The summed E-state index contributed by atoms with van der Waals surface area (Å²) in [6.45, 7) is 2.51. The van der Waals surface area contributed by atoms with Crippen molar-refractivity contribution in [1.82, 2.24) is 20.3 Å². The Labute approximate surface area is 211 Å². The molecule has 1 saturated heterocycles. The van der Waals surface area contributed by atoms with Crippen LogP contribution >= 0.6 is 0 Å². The molecule has 1 aromatic heterocycles. The maximum atomic E-state index is 12.4. The zero-order valence-electron chi connectivity index (χ0n) is 20.4. The molecule has 14 nitrogen and oxygen atoms in total. The minimum absolute atomic E-state index is 0.0583. The number of amides is 1. The van der Waals surface area contributed by atoms with Crippen molar-refractivity contribution in [3.8, 4) is 5.69 Å². The van der Waals surface area contributed by atoms with Gasteiger partial charge in [0, 0.05) is 20.8 Å². The van der Waals surface area contributed by atoms with Gasteiger partial charge in [0.1, 0.15) is 31.1 Å². The molecule has 2 aromatic rings. The highest BCUT2D eigenvalue weighted by Crippen LogP contribution is 2.27. The summed E-state index contributed by atoms with van der Waals surface area (Å²) in [4.78, 5) is 46.9. The minimum atomic E-state index is -1.62. The quantitative estimate of drug-likeness (QED) is 0.301. The molecule has 1 aromatic carbocycles. The van der Waals surface area contributed by atoms with Crippen LogP contribution < -0.4 is 5.32 Å². The predicted molar refractivity (Wildman–Crippen MR) is 122 cm³/mol. The van der Waals surface area contributed by atoms with Crippen molar-refractivity contribution in [3.05, 3.63) is 42.2 Å². The number of carbonyl (C=O) groups excluding carboxylic acids is 4. The number of hydrogen-bond acceptors (Lipinski definition) is 12. The molecular formula is C23H28N4O10. The minimum Gasteiger partial charge on any atom is -0.463 e. The zero-order chi connectivity index (χ0) is 26.9. The molecule has 1 aliphatic rings. The zero-order valence-corrected chi connectivity index (χ0v) is 20.4. The Morgan fingerprint density at radius 1 is 1.03 bits per heavy atom. The SMILES string of the molecule is CC(=O)OC[C@H]1O[C@H](OCC(=O)NCc2cn(-c3ccccc3)nn2)[C@H](O)[C@@H](OC(C)=O)[C@@H]1OC(C)=O. The van der Waals surface area contributed by atoms with Gasteiger partial charge in [-0.05, 0) is 12.1 Å². The summed E-state index contributed by atoms with van der Waals surface area (Å²) in [7, 11) is 0. The lowest BCUT2D eigenvalue weighted by atomic mass is 9.98. The van der Waals surface area contributed by atoms with Gasteiger partial charge in [-0.1, -0.05) is 23.4 Å². The van der Waals surface area contributed by atoms with Crippen molar-refractivity contribution in [2.75, 3.05) is 13.2 Å². The molecule has 200 valence electrons. The Bertz CT molecular complexity index is 1090. The molecule has 0 spiro atoms. The topological polar surface area (TPSA) is 177 Å². The van der Waals surface area contributed by atoms with Crippen LogP contribution in [0.4, 0.5) is 0 Å². The molecule has 2 heterocycles. The first-order valence-corrected chi connectivity index (χ1v) is 11.3. The van der Waals surface area contributed by atoms with Crippen LogP contribution in [-0.2, 0) is 49.4 Å². The molecule has 1 fully saturated rings. The maximum absolute atomic E-state index is 12.4. The molecule has 0 saturated carbocycles. The van der Waals surface area contributed by atoms with E-state index < -0.39 is 61.1 Å². The first-order valence-electron chi connectivity index (χ1n) is 11.3. The van der Waals surface area contributed by atoms with Crippen LogP contribution in [0.15, 0.2) is 36.5 Å². The molecule has 5 atom stereocenters. The molecule has 0 unspecified atom stereocenters. The highest BCUT2D eigenvalue weighted by molar-refractivity contribution is 5.77. The summed E-state index contributed by atoms with van der Waals surface area (Å²) < 4.78 is 27.9. The van der Waals surface area contributed by atoms with E-state index in [1.807, 2.05) is 30.3 Å². The number of ether oxygens (including phenoxy) is 5. The summed E-state index contributed by atoms with van der Waals surface area (Å²) in [6, 6.07) is 9.29. The largest absolute Gasteiger partial charge is 0.463 e. The van der Waals surface area contributed by atoms with Gasteiger partial charge in [-0.15, -0.1) is 5.10 Å². The van der Waals surface area contributed by atoms with Crippen molar-refractivity contribution < 1.29 is 48.0 Å². The summed E-state index contributed by atoms with van der Waals surface area (Å²) in [6.07, 6.45) is -5.29. The Kier molecular flexibility index (Phi) is 9.65. The summed E-state index contributed by atoms with van der Waals surface area (Å²) in [5, 5.41) is 21.3. The predicted octanol–water partition coefficient (Wildman–Crippen LogP) is -0.588. The number of nitrogens with zero attached hydrogens (tertiary/aromatic N) is 3. The lowest BCUT2D eigenvalue weighted by Gasteiger charge is -2.42. The van der Waals surface area contributed by atoms with E-state index >= 15 is 0 Å². The number of benzene rings is 1. The molecule has 2 N–H and O–H groups in total. The molecule has 0 radical (unpaired) electrons. The third-order valence-electron chi connectivity index (χ3n) is 5.08. The van der Waals surface area contributed by atoms with Crippen LogP contribution in [0.1, 0.15) is 26.5 Å². The number of rotatable bonds is 10. The van der Waals surface area contributed by atoms with E-state index in [-0.39, 0.29) is 13.2 Å². The average Bonchev–Trinajstić information content (AvgIpc) is 3.33. The average molecular weight is 520 g/mol. The van der Waals surface area contributed by atoms with Crippen LogP contribution in [0, 0.1) is 0 Å². The van der Waals surface area contributed by atoms with Gasteiger partial charge in [-0.2, -0.15) is 0 Å². The van der Waals surface area contributed by atoms with Crippen LogP contribution in [-0.4, -0.2) is 87.8 Å². The number of nitrogens with one attached hydrogen (secondary N) is 1. The van der Waals surface area contributed by atoms with E-state index in [0.717, 1.165) is 19.5 Å². The monoisotopic (exact) mass is 520 g/mol. The van der Waals surface area contributed by atoms with Gasteiger partial charge < -0.3 is 34.1 Å². The van der Waals surface area contributed by atoms with E-state index in [9.17, 15) is 24.3 Å². The van der Waals surface area contributed by atoms with Crippen LogP contribution in [0.5, 0.6) is 0 Å². The third kappa shape index (κ3) is 8.06. The van der Waals surface area contributed by atoms with Gasteiger partial charge in [0.15, 0.2) is 18.5 Å². The van der Waals surface area contributed by atoms with Crippen molar-refractivity contribution in [2.24, 2.45) is 0 Å². The summed E-state index contributed by atoms with van der Waals surface area (Å²) in [5.41, 5.74) is 1.30. The number of hydrogen-bond donors (Lipinski definition) is 2. The van der Waals surface area contributed by atoms with Crippen LogP contribution in [0.25, 0.3) is 5.69 Å². The number of para-hydroxylation sites is 1. The highest BCUT2D eigenvalue weighted by Gasteiger charge is 2.50. The van der Waals surface area contributed by atoms with E-state index in [1.54, 1.807) is 10.9 Å². The van der Waals surface area contributed by atoms with Crippen molar-refractivity contribution in [2.45, 2.75) is 58.0 Å². The molecule has 3 rings (SSSR count). The second kappa shape index (κ2) is 12.9. The number of aliphatic hydroxyl groups is 1. The molecule has 0 aliphatic carbocycles. The van der Waals surface area contributed by atoms with Gasteiger partial charge >= 0.3 is 17.9 Å². The van der Waals surface area contributed by atoms with Crippen molar-refractivity contribution >= 4 is 23.8 Å². The summed E-state index contributed by atoms with van der Waals surface area (Å²) >= 11 is 0. The van der Waals surface area contributed by atoms with Crippen molar-refractivity contribution in [1.29, 1.82) is 0 Å². The number of aromatic nitrogens is 3. The molecule has 1 aliphatic heterocycles. The second-order valence-electron chi connectivity index (χ2n) is 8.06. The second-order valence-corrected chi connectivity index (χ2v) is 8.06. The maximum Gasteiger partial charge on any atom is 0.303 e. The number of carbonyl (C=O) groups is 4. The fraction of sp³-hybridized carbons (Fsp3) is 0.478. The third-order valence-corrected chi connectivity index (χ3v) is 5.08. The van der Waals surface area contributed by atoms with E-state index in [4.69, 9.17) is 23.7 Å². The molecule has 37 heavy (non-hydrogen) atoms. The van der Waals surface area contributed by atoms with E-state index in [0.29, 0.717) is 5.69 Å². The molecule has 0 bridgehead atoms. The standard InChI is InChI=1S/C23H28N4O10/c1-13(28)33-11-18-21(35-14(2)29)22(36-15(3)30)20(32)23(37-18)34-12-19(31)24-9-16-10-27(26-25-16)17-7-5-4-6-8-17/h4-8,10,18,20-23,32H,9,11-12H2,1-3H3,(H,24,31)/t18-,20-,21-,22-,23+/m1/s1. The highest BCUT2D eigenvalue weighted by atomic mass is 16.7. The summed E-state index contributed by atoms with van der Waals surface area (Å²) in [5.74, 6) is -2.71. The Morgan fingerprint density at radius 2 is 1.70 bits per heavy atom. The van der Waals surface area contributed by atoms with Gasteiger partial charge in [-0.25, -0.2) is 4.68 Å². The number of aliphatic hydroxyl groups excluding tert-OH is 1. The number of esters is 3.